The SMILES string of the molecule is Cc1cc(C)c(C#N)c(N2CC(C(=O)NC3CC3)C2)n1. The molecule has 0 spiro atoms. The normalized spacial score (nSPS) is 18.4. The smallest absolute Gasteiger partial charge is 0.226 e. The van der Waals surface area contributed by atoms with Crippen molar-refractivity contribution in [3.05, 3.63) is 22.9 Å². The van der Waals surface area contributed by atoms with E-state index in [2.05, 4.69) is 16.4 Å². The molecule has 1 aliphatic carbocycles. The summed E-state index contributed by atoms with van der Waals surface area (Å²) in [5, 5.41) is 12.3. The van der Waals surface area contributed by atoms with Crippen molar-refractivity contribution in [2.75, 3.05) is 18.0 Å². The number of nitriles is 1. The molecule has 1 aromatic heterocycles. The number of rotatable bonds is 3. The van der Waals surface area contributed by atoms with Crippen molar-refractivity contribution in [2.45, 2.75) is 32.7 Å². The lowest BCUT2D eigenvalue weighted by atomic mass is 9.97. The standard InChI is InChI=1S/C15H18N4O/c1-9-5-10(2)17-14(13(9)6-16)19-7-11(8-19)15(20)18-12-3-4-12/h5,11-12H,3-4,7-8H2,1-2H3,(H,18,20). The molecular weight excluding hydrogens is 252 g/mol. The highest BCUT2D eigenvalue weighted by Gasteiger charge is 2.37. The van der Waals surface area contributed by atoms with Crippen molar-refractivity contribution in [3.8, 4) is 6.07 Å². The Morgan fingerprint density at radius 3 is 2.75 bits per heavy atom. The van der Waals surface area contributed by atoms with Crippen LogP contribution in [0.15, 0.2) is 6.07 Å². The Kier molecular flexibility index (Phi) is 3.09. The highest BCUT2D eigenvalue weighted by Crippen LogP contribution is 2.29. The van der Waals surface area contributed by atoms with Crippen LogP contribution in [0.1, 0.15) is 29.7 Å². The van der Waals surface area contributed by atoms with E-state index >= 15 is 0 Å². The Morgan fingerprint density at radius 2 is 2.15 bits per heavy atom. The van der Waals surface area contributed by atoms with E-state index in [-0.39, 0.29) is 11.8 Å². The first kappa shape index (κ1) is 12.9. The van der Waals surface area contributed by atoms with Crippen LogP contribution in [0, 0.1) is 31.1 Å². The van der Waals surface area contributed by atoms with E-state index in [0.717, 1.165) is 29.9 Å². The highest BCUT2D eigenvalue weighted by molar-refractivity contribution is 5.82. The van der Waals surface area contributed by atoms with Crippen molar-refractivity contribution in [2.24, 2.45) is 5.92 Å². The molecule has 1 N–H and O–H groups in total. The van der Waals surface area contributed by atoms with Gasteiger partial charge in [-0.1, -0.05) is 0 Å². The summed E-state index contributed by atoms with van der Waals surface area (Å²) >= 11 is 0. The van der Waals surface area contributed by atoms with Gasteiger partial charge in [0, 0.05) is 24.8 Å². The molecule has 5 nitrogen and oxygen atoms in total. The molecule has 104 valence electrons. The molecule has 0 unspecified atom stereocenters. The Labute approximate surface area is 118 Å². The minimum Gasteiger partial charge on any atom is -0.354 e. The van der Waals surface area contributed by atoms with Gasteiger partial charge in [0.25, 0.3) is 0 Å². The third-order valence-electron chi connectivity index (χ3n) is 3.91. The van der Waals surface area contributed by atoms with Crippen LogP contribution < -0.4 is 10.2 Å². The quantitative estimate of drug-likeness (QED) is 0.898. The zero-order chi connectivity index (χ0) is 14.3. The van der Waals surface area contributed by atoms with Crippen molar-refractivity contribution >= 4 is 11.7 Å². The number of carbonyl (C=O) groups excluding carboxylic acids is 1. The number of hydrogen-bond donors (Lipinski definition) is 1. The number of aryl methyl sites for hydroxylation is 2. The van der Waals surface area contributed by atoms with Gasteiger partial charge in [-0.25, -0.2) is 4.98 Å². The Hall–Kier alpha value is -2.09. The van der Waals surface area contributed by atoms with Crippen LogP contribution >= 0.6 is 0 Å². The van der Waals surface area contributed by atoms with Crippen molar-refractivity contribution in [1.82, 2.24) is 10.3 Å². The van der Waals surface area contributed by atoms with E-state index < -0.39 is 0 Å². The second-order valence-electron chi connectivity index (χ2n) is 5.78. The van der Waals surface area contributed by atoms with E-state index in [1.54, 1.807) is 0 Å². The van der Waals surface area contributed by atoms with Gasteiger partial charge in [-0.05, 0) is 38.3 Å². The molecule has 5 heteroatoms. The van der Waals surface area contributed by atoms with E-state index in [1.807, 2.05) is 24.8 Å². The van der Waals surface area contributed by atoms with Crippen LogP contribution in [0.3, 0.4) is 0 Å². The summed E-state index contributed by atoms with van der Waals surface area (Å²) in [5.74, 6) is 0.900. The lowest BCUT2D eigenvalue weighted by Crippen LogP contribution is -2.54. The Morgan fingerprint density at radius 1 is 1.45 bits per heavy atom. The number of nitrogens with zero attached hydrogens (tertiary/aromatic N) is 3. The summed E-state index contributed by atoms with van der Waals surface area (Å²) in [7, 11) is 0. The van der Waals surface area contributed by atoms with E-state index in [0.29, 0.717) is 24.7 Å². The molecule has 0 atom stereocenters. The van der Waals surface area contributed by atoms with Crippen molar-refractivity contribution < 1.29 is 4.79 Å². The Bertz CT molecular complexity index is 595. The summed E-state index contributed by atoms with van der Waals surface area (Å²) in [6.07, 6.45) is 2.22. The molecule has 2 fully saturated rings. The molecule has 1 amide bonds. The van der Waals surface area contributed by atoms with Crippen LogP contribution in [0.4, 0.5) is 5.82 Å². The van der Waals surface area contributed by atoms with Gasteiger partial charge in [0.05, 0.1) is 11.5 Å². The van der Waals surface area contributed by atoms with Gasteiger partial charge in [0.1, 0.15) is 11.9 Å². The van der Waals surface area contributed by atoms with Crippen molar-refractivity contribution in [1.29, 1.82) is 5.26 Å². The maximum absolute atomic E-state index is 11.9. The minimum absolute atomic E-state index is 0.0322. The molecule has 1 saturated carbocycles. The lowest BCUT2D eigenvalue weighted by molar-refractivity contribution is -0.125. The molecule has 0 aromatic carbocycles. The predicted octanol–water partition coefficient (Wildman–Crippen LogP) is 1.28. The average Bonchev–Trinajstić information content (AvgIpc) is 3.10. The number of carbonyl (C=O) groups is 1. The van der Waals surface area contributed by atoms with Gasteiger partial charge in [0.15, 0.2) is 0 Å². The van der Waals surface area contributed by atoms with Crippen LogP contribution in [-0.2, 0) is 4.79 Å². The van der Waals surface area contributed by atoms with Crippen LogP contribution in [0.2, 0.25) is 0 Å². The summed E-state index contributed by atoms with van der Waals surface area (Å²) in [5.41, 5.74) is 2.47. The zero-order valence-electron chi connectivity index (χ0n) is 11.8. The Balaban J connectivity index is 1.70. The number of anilines is 1. The number of hydrogen-bond acceptors (Lipinski definition) is 4. The summed E-state index contributed by atoms with van der Waals surface area (Å²) in [6.45, 7) is 5.16. The second kappa shape index (κ2) is 4.78. The van der Waals surface area contributed by atoms with Crippen LogP contribution in [0.25, 0.3) is 0 Å². The van der Waals surface area contributed by atoms with E-state index in [1.165, 1.54) is 0 Å². The summed E-state index contributed by atoms with van der Waals surface area (Å²) < 4.78 is 0. The van der Waals surface area contributed by atoms with Gasteiger partial charge in [-0.15, -0.1) is 0 Å². The van der Waals surface area contributed by atoms with Gasteiger partial charge >= 0.3 is 0 Å². The largest absolute Gasteiger partial charge is 0.354 e. The molecule has 2 aliphatic rings. The summed E-state index contributed by atoms with van der Waals surface area (Å²) in [6, 6.07) is 4.55. The van der Waals surface area contributed by atoms with Crippen LogP contribution in [-0.4, -0.2) is 30.0 Å². The predicted molar refractivity (Wildman–Crippen MR) is 75.3 cm³/mol. The molecule has 20 heavy (non-hydrogen) atoms. The summed E-state index contributed by atoms with van der Waals surface area (Å²) in [4.78, 5) is 18.4. The van der Waals surface area contributed by atoms with Crippen molar-refractivity contribution in [3.63, 3.8) is 0 Å². The molecule has 1 saturated heterocycles. The zero-order valence-corrected chi connectivity index (χ0v) is 11.8. The number of nitrogens with one attached hydrogen (secondary N) is 1. The first-order valence-corrected chi connectivity index (χ1v) is 7.02. The number of amides is 1. The maximum atomic E-state index is 11.9. The average molecular weight is 270 g/mol. The van der Waals surface area contributed by atoms with Crippen LogP contribution in [0.5, 0.6) is 0 Å². The minimum atomic E-state index is 0.0322. The van der Waals surface area contributed by atoms with E-state index in [4.69, 9.17) is 0 Å². The fourth-order valence-corrected chi connectivity index (χ4v) is 2.55. The number of aromatic nitrogens is 1. The maximum Gasteiger partial charge on any atom is 0.226 e. The molecule has 1 aromatic rings. The topological polar surface area (TPSA) is 69.0 Å². The lowest BCUT2D eigenvalue weighted by Gasteiger charge is -2.39. The molecular formula is C15H18N4O. The second-order valence-corrected chi connectivity index (χ2v) is 5.78. The fourth-order valence-electron chi connectivity index (χ4n) is 2.55. The third-order valence-corrected chi connectivity index (χ3v) is 3.91. The monoisotopic (exact) mass is 270 g/mol. The highest BCUT2D eigenvalue weighted by atomic mass is 16.2. The molecule has 3 rings (SSSR count). The molecule has 2 heterocycles. The third kappa shape index (κ3) is 2.34. The van der Waals surface area contributed by atoms with Gasteiger partial charge < -0.3 is 10.2 Å². The van der Waals surface area contributed by atoms with Gasteiger partial charge in [-0.3, -0.25) is 4.79 Å². The molecule has 1 aliphatic heterocycles. The van der Waals surface area contributed by atoms with Gasteiger partial charge in [0.2, 0.25) is 5.91 Å². The van der Waals surface area contributed by atoms with E-state index in [9.17, 15) is 10.1 Å². The van der Waals surface area contributed by atoms with Gasteiger partial charge in [-0.2, -0.15) is 5.26 Å². The number of pyridine rings is 1. The molecule has 0 radical (unpaired) electrons. The molecule has 0 bridgehead atoms. The fraction of sp³-hybridized carbons (Fsp3) is 0.533. The first-order valence-electron chi connectivity index (χ1n) is 7.02. The first-order chi connectivity index (χ1) is 9.58.